The molecule has 140 valence electrons. The first-order chi connectivity index (χ1) is 12.4. The van der Waals surface area contributed by atoms with E-state index in [1.165, 1.54) is 0 Å². The Kier molecular flexibility index (Phi) is 4.59. The molecule has 2 saturated heterocycles. The summed E-state index contributed by atoms with van der Waals surface area (Å²) in [7, 11) is -3.05. The molecule has 6 nitrogen and oxygen atoms in total. The Balaban J connectivity index is 1.53. The third kappa shape index (κ3) is 3.41. The van der Waals surface area contributed by atoms with Crippen LogP contribution in [0.2, 0.25) is 0 Å². The van der Waals surface area contributed by atoms with Crippen molar-refractivity contribution in [1.82, 2.24) is 4.90 Å². The number of hydrogen-bond donors (Lipinski definition) is 0. The van der Waals surface area contributed by atoms with E-state index in [1.54, 1.807) is 9.80 Å². The summed E-state index contributed by atoms with van der Waals surface area (Å²) in [6.07, 6.45) is 2.55. The molecule has 0 aromatic heterocycles. The number of rotatable bonds is 4. The van der Waals surface area contributed by atoms with Gasteiger partial charge in [0.1, 0.15) is 0 Å². The summed E-state index contributed by atoms with van der Waals surface area (Å²) in [5.74, 6) is -0.314. The number of sulfone groups is 1. The van der Waals surface area contributed by atoms with E-state index in [-0.39, 0.29) is 41.8 Å². The molecule has 8 heteroatoms. The average Bonchev–Trinajstić information content (AvgIpc) is 3.25. The van der Waals surface area contributed by atoms with Crippen LogP contribution in [0.1, 0.15) is 25.7 Å². The van der Waals surface area contributed by atoms with Gasteiger partial charge >= 0.3 is 0 Å². The lowest BCUT2D eigenvalue weighted by molar-refractivity contribution is -0.138. The molecule has 0 bridgehead atoms. The summed E-state index contributed by atoms with van der Waals surface area (Å²) in [5.41, 5.74) is 0.772. The molecule has 26 heavy (non-hydrogen) atoms. The van der Waals surface area contributed by atoms with Crippen molar-refractivity contribution < 1.29 is 18.0 Å². The van der Waals surface area contributed by atoms with Gasteiger partial charge in [0.05, 0.1) is 23.1 Å². The molecule has 2 amide bonds. The highest BCUT2D eigenvalue weighted by atomic mass is 79.9. The Hall–Kier alpha value is -1.41. The van der Waals surface area contributed by atoms with Crippen molar-refractivity contribution in [3.63, 3.8) is 0 Å². The predicted octanol–water partition coefficient (Wildman–Crippen LogP) is 1.98. The molecule has 0 spiro atoms. The first-order valence-corrected chi connectivity index (χ1v) is 11.5. The highest BCUT2D eigenvalue weighted by molar-refractivity contribution is 9.10. The number of carbonyl (C=O) groups is 2. The van der Waals surface area contributed by atoms with Crippen LogP contribution in [0.15, 0.2) is 28.7 Å². The average molecular weight is 441 g/mol. The first kappa shape index (κ1) is 18.0. The van der Waals surface area contributed by atoms with Crippen LogP contribution in [0.3, 0.4) is 0 Å². The summed E-state index contributed by atoms with van der Waals surface area (Å²) in [4.78, 5) is 29.1. The number of nitrogens with zero attached hydrogens (tertiary/aromatic N) is 2. The lowest BCUT2D eigenvalue weighted by atomic mass is 10.0. The van der Waals surface area contributed by atoms with Gasteiger partial charge < -0.3 is 9.80 Å². The van der Waals surface area contributed by atoms with Gasteiger partial charge in [0.25, 0.3) is 0 Å². The normalized spacial score (nSPS) is 27.7. The molecule has 1 aromatic carbocycles. The van der Waals surface area contributed by atoms with Gasteiger partial charge in [-0.15, -0.1) is 0 Å². The number of para-hydroxylation sites is 1. The van der Waals surface area contributed by atoms with Gasteiger partial charge in [-0.25, -0.2) is 8.42 Å². The van der Waals surface area contributed by atoms with E-state index in [4.69, 9.17) is 0 Å². The minimum absolute atomic E-state index is 0.0579. The molecule has 3 aliphatic rings. The number of benzene rings is 1. The highest BCUT2D eigenvalue weighted by Gasteiger charge is 2.46. The van der Waals surface area contributed by atoms with Crippen molar-refractivity contribution in [2.75, 3.05) is 23.0 Å². The molecular weight excluding hydrogens is 420 g/mol. The highest BCUT2D eigenvalue weighted by Crippen LogP contribution is 2.37. The predicted molar refractivity (Wildman–Crippen MR) is 102 cm³/mol. The van der Waals surface area contributed by atoms with Gasteiger partial charge in [0.15, 0.2) is 9.84 Å². The van der Waals surface area contributed by atoms with E-state index in [9.17, 15) is 18.0 Å². The summed E-state index contributed by atoms with van der Waals surface area (Å²) in [6, 6.07) is 7.39. The summed E-state index contributed by atoms with van der Waals surface area (Å²) >= 11 is 3.46. The van der Waals surface area contributed by atoms with E-state index in [0.29, 0.717) is 13.0 Å². The van der Waals surface area contributed by atoms with Gasteiger partial charge in [-0.3, -0.25) is 9.59 Å². The van der Waals surface area contributed by atoms with E-state index in [0.717, 1.165) is 23.0 Å². The molecule has 2 unspecified atom stereocenters. The van der Waals surface area contributed by atoms with Gasteiger partial charge in [-0.05, 0) is 47.3 Å². The van der Waals surface area contributed by atoms with Crippen molar-refractivity contribution in [3.05, 3.63) is 28.7 Å². The Morgan fingerprint density at radius 3 is 2.50 bits per heavy atom. The van der Waals surface area contributed by atoms with Crippen LogP contribution >= 0.6 is 15.9 Å². The quantitative estimate of drug-likeness (QED) is 0.717. The third-order valence-corrected chi connectivity index (χ3v) is 7.83. The second kappa shape index (κ2) is 6.64. The molecule has 0 N–H and O–H groups in total. The lowest BCUT2D eigenvalue weighted by Gasteiger charge is -2.30. The van der Waals surface area contributed by atoms with Gasteiger partial charge in [-0.1, -0.05) is 12.1 Å². The molecular formula is C18H21BrN2O4S. The number of amides is 2. The third-order valence-electron chi connectivity index (χ3n) is 5.41. The van der Waals surface area contributed by atoms with Crippen LogP contribution in [0, 0.1) is 5.92 Å². The summed E-state index contributed by atoms with van der Waals surface area (Å²) < 4.78 is 24.5. The first-order valence-electron chi connectivity index (χ1n) is 8.93. The van der Waals surface area contributed by atoms with Crippen LogP contribution in [0.25, 0.3) is 0 Å². The van der Waals surface area contributed by atoms with Crippen molar-refractivity contribution in [2.45, 2.75) is 37.8 Å². The number of halogens is 1. The number of carbonyl (C=O) groups excluding carboxylic acids is 2. The molecule has 1 saturated carbocycles. The molecule has 4 rings (SSSR count). The minimum atomic E-state index is -3.05. The molecule has 3 fully saturated rings. The second-order valence-electron chi connectivity index (χ2n) is 7.39. The molecule has 1 aromatic rings. The van der Waals surface area contributed by atoms with Crippen LogP contribution in [0.5, 0.6) is 0 Å². The maximum atomic E-state index is 13.2. The lowest BCUT2D eigenvalue weighted by Crippen LogP contribution is -2.46. The van der Waals surface area contributed by atoms with E-state index in [1.807, 2.05) is 24.3 Å². The fourth-order valence-corrected chi connectivity index (χ4v) is 6.20. The van der Waals surface area contributed by atoms with E-state index < -0.39 is 15.8 Å². The van der Waals surface area contributed by atoms with Crippen molar-refractivity contribution >= 4 is 43.3 Å². The summed E-state index contributed by atoms with van der Waals surface area (Å²) in [6.45, 7) is 0.350. The molecule has 2 aliphatic heterocycles. The topological polar surface area (TPSA) is 74.8 Å². The Morgan fingerprint density at radius 2 is 1.88 bits per heavy atom. The second-order valence-corrected chi connectivity index (χ2v) is 10.5. The standard InChI is InChI=1S/C18H21BrN2O4S/c19-15-3-1-2-4-16(15)20-10-12(9-17(20)22)18(23)21(13-5-6-13)14-7-8-26(24,25)11-14/h1-4,12-14H,5-11H2. The zero-order chi connectivity index (χ0) is 18.5. The fraction of sp³-hybridized carbons (Fsp3) is 0.556. The van der Waals surface area contributed by atoms with Crippen molar-refractivity contribution in [3.8, 4) is 0 Å². The zero-order valence-corrected chi connectivity index (χ0v) is 16.7. The largest absolute Gasteiger partial charge is 0.335 e. The van der Waals surface area contributed by atoms with Crippen LogP contribution in [0.4, 0.5) is 5.69 Å². The maximum absolute atomic E-state index is 13.2. The SMILES string of the molecule is O=C1CC(C(=O)N(C2CC2)C2CCS(=O)(=O)C2)CN1c1ccccc1Br. The smallest absolute Gasteiger partial charge is 0.228 e. The van der Waals surface area contributed by atoms with E-state index in [2.05, 4.69) is 15.9 Å². The van der Waals surface area contributed by atoms with Crippen molar-refractivity contribution in [2.24, 2.45) is 5.92 Å². The Morgan fingerprint density at radius 1 is 1.15 bits per heavy atom. The molecule has 2 atom stereocenters. The number of anilines is 1. The van der Waals surface area contributed by atoms with Crippen LogP contribution < -0.4 is 4.90 Å². The van der Waals surface area contributed by atoms with Crippen molar-refractivity contribution in [1.29, 1.82) is 0 Å². The fourth-order valence-electron chi connectivity index (χ4n) is 3.99. The molecule has 1 aliphatic carbocycles. The molecule has 2 heterocycles. The van der Waals surface area contributed by atoms with Crippen LogP contribution in [-0.2, 0) is 19.4 Å². The Labute approximate surface area is 161 Å². The molecule has 0 radical (unpaired) electrons. The van der Waals surface area contributed by atoms with Crippen LogP contribution in [-0.4, -0.2) is 55.3 Å². The minimum Gasteiger partial charge on any atom is -0.335 e. The number of hydrogen-bond acceptors (Lipinski definition) is 4. The summed E-state index contributed by atoms with van der Waals surface area (Å²) in [5, 5.41) is 0. The van der Waals surface area contributed by atoms with Gasteiger partial charge in [-0.2, -0.15) is 0 Å². The Bertz CT molecular complexity index is 853. The monoisotopic (exact) mass is 440 g/mol. The zero-order valence-electron chi connectivity index (χ0n) is 14.3. The van der Waals surface area contributed by atoms with Gasteiger partial charge in [0, 0.05) is 29.5 Å². The van der Waals surface area contributed by atoms with Gasteiger partial charge in [0.2, 0.25) is 11.8 Å². The maximum Gasteiger partial charge on any atom is 0.228 e. The van der Waals surface area contributed by atoms with E-state index >= 15 is 0 Å².